The van der Waals surface area contributed by atoms with Gasteiger partial charge in [-0.15, -0.1) is 22.9 Å². The molecule has 0 fully saturated rings. The molecule has 1 nitrogen and oxygen atoms in total. The molecule has 0 aromatic carbocycles. The number of unbranched alkanes of at least 4 members (excludes halogenated alkanes) is 2. The van der Waals surface area contributed by atoms with Crippen LogP contribution in [-0.2, 0) is 6.54 Å². The third kappa shape index (κ3) is 5.55. The summed E-state index contributed by atoms with van der Waals surface area (Å²) in [5.41, 5.74) is 0. The summed E-state index contributed by atoms with van der Waals surface area (Å²) in [7, 11) is 0. The fraction of sp³-hybridized carbons (Fsp3) is 0.667. The maximum absolute atomic E-state index is 5.65. The van der Waals surface area contributed by atoms with E-state index in [2.05, 4.69) is 29.3 Å². The maximum Gasteiger partial charge on any atom is 0.0327 e. The summed E-state index contributed by atoms with van der Waals surface area (Å²) in [5, 5.41) is 2.15. The Morgan fingerprint density at radius 3 is 2.80 bits per heavy atom. The SMILES string of the molecule is CCN(CCCCCCl)Cc1cccs1. The van der Waals surface area contributed by atoms with Crippen molar-refractivity contribution in [3.63, 3.8) is 0 Å². The van der Waals surface area contributed by atoms with Crippen molar-refractivity contribution >= 4 is 22.9 Å². The Bertz CT molecular complexity index is 236. The maximum atomic E-state index is 5.65. The lowest BCUT2D eigenvalue weighted by atomic mass is 10.2. The minimum absolute atomic E-state index is 0.803. The van der Waals surface area contributed by atoms with Gasteiger partial charge in [0.15, 0.2) is 0 Å². The number of rotatable bonds is 8. The van der Waals surface area contributed by atoms with Gasteiger partial charge in [0.1, 0.15) is 0 Å². The Hall–Kier alpha value is -0.0500. The average Bonchev–Trinajstić information content (AvgIpc) is 2.75. The Balaban J connectivity index is 2.18. The van der Waals surface area contributed by atoms with Crippen molar-refractivity contribution in [1.29, 1.82) is 0 Å². The summed E-state index contributed by atoms with van der Waals surface area (Å²) in [5.74, 6) is 0.803. The van der Waals surface area contributed by atoms with Gasteiger partial charge in [-0.3, -0.25) is 4.90 Å². The first-order valence-corrected chi connectivity index (χ1v) is 7.09. The lowest BCUT2D eigenvalue weighted by Crippen LogP contribution is -2.23. The average molecular weight is 246 g/mol. The molecule has 0 bridgehead atoms. The van der Waals surface area contributed by atoms with Crippen molar-refractivity contribution in [3.05, 3.63) is 22.4 Å². The third-order valence-corrected chi connectivity index (χ3v) is 3.64. The molecular weight excluding hydrogens is 226 g/mol. The van der Waals surface area contributed by atoms with E-state index >= 15 is 0 Å². The van der Waals surface area contributed by atoms with E-state index in [1.165, 1.54) is 24.3 Å². The van der Waals surface area contributed by atoms with Crippen LogP contribution in [0.2, 0.25) is 0 Å². The van der Waals surface area contributed by atoms with E-state index in [9.17, 15) is 0 Å². The number of hydrogen-bond donors (Lipinski definition) is 0. The highest BCUT2D eigenvalue weighted by Gasteiger charge is 2.03. The first kappa shape index (κ1) is 13.0. The van der Waals surface area contributed by atoms with Crippen LogP contribution in [0, 0.1) is 0 Å². The summed E-state index contributed by atoms with van der Waals surface area (Å²) in [4.78, 5) is 3.97. The number of halogens is 1. The molecule has 0 aliphatic rings. The fourth-order valence-corrected chi connectivity index (χ4v) is 2.51. The minimum Gasteiger partial charge on any atom is -0.299 e. The largest absolute Gasteiger partial charge is 0.299 e. The second-order valence-corrected chi connectivity index (χ2v) is 5.11. The summed E-state index contributed by atoms with van der Waals surface area (Å²) in [6.07, 6.45) is 3.68. The number of nitrogens with zero attached hydrogens (tertiary/aromatic N) is 1. The van der Waals surface area contributed by atoms with Crippen LogP contribution >= 0.6 is 22.9 Å². The predicted octanol–water partition coefficient (Wildman–Crippen LogP) is 3.98. The predicted molar refractivity (Wildman–Crippen MR) is 69.8 cm³/mol. The summed E-state index contributed by atoms with van der Waals surface area (Å²) >= 11 is 7.50. The fourth-order valence-electron chi connectivity index (χ4n) is 1.58. The van der Waals surface area contributed by atoms with Gasteiger partial charge in [0.25, 0.3) is 0 Å². The van der Waals surface area contributed by atoms with E-state index in [1.807, 2.05) is 11.3 Å². The van der Waals surface area contributed by atoms with Crippen molar-refractivity contribution in [2.24, 2.45) is 0 Å². The zero-order valence-electron chi connectivity index (χ0n) is 9.42. The second kappa shape index (κ2) is 8.14. The van der Waals surface area contributed by atoms with E-state index in [0.29, 0.717) is 0 Å². The second-order valence-electron chi connectivity index (χ2n) is 3.70. The molecule has 0 N–H and O–H groups in total. The van der Waals surface area contributed by atoms with Crippen LogP contribution in [0.15, 0.2) is 17.5 Å². The van der Waals surface area contributed by atoms with E-state index in [4.69, 9.17) is 11.6 Å². The van der Waals surface area contributed by atoms with Gasteiger partial charge in [-0.2, -0.15) is 0 Å². The molecule has 0 spiro atoms. The van der Waals surface area contributed by atoms with Gasteiger partial charge in [0, 0.05) is 17.3 Å². The smallest absolute Gasteiger partial charge is 0.0327 e. The Labute approximate surface area is 102 Å². The molecule has 0 saturated heterocycles. The molecule has 1 aromatic heterocycles. The van der Waals surface area contributed by atoms with Crippen molar-refractivity contribution in [1.82, 2.24) is 4.90 Å². The molecule has 0 atom stereocenters. The van der Waals surface area contributed by atoms with Gasteiger partial charge < -0.3 is 0 Å². The van der Waals surface area contributed by atoms with E-state index in [-0.39, 0.29) is 0 Å². The quantitative estimate of drug-likeness (QED) is 0.495. The van der Waals surface area contributed by atoms with Gasteiger partial charge in [-0.1, -0.05) is 19.4 Å². The first-order valence-electron chi connectivity index (χ1n) is 5.67. The lowest BCUT2D eigenvalue weighted by Gasteiger charge is -2.19. The molecule has 1 rings (SSSR count). The van der Waals surface area contributed by atoms with Gasteiger partial charge >= 0.3 is 0 Å². The monoisotopic (exact) mass is 245 g/mol. The molecule has 0 radical (unpaired) electrons. The number of alkyl halides is 1. The highest BCUT2D eigenvalue weighted by Crippen LogP contribution is 2.12. The molecule has 1 heterocycles. The zero-order valence-corrected chi connectivity index (χ0v) is 11.0. The van der Waals surface area contributed by atoms with Crippen LogP contribution in [0.25, 0.3) is 0 Å². The van der Waals surface area contributed by atoms with E-state index in [0.717, 1.165) is 25.4 Å². The third-order valence-electron chi connectivity index (χ3n) is 2.51. The molecule has 15 heavy (non-hydrogen) atoms. The molecule has 0 aliphatic heterocycles. The highest BCUT2D eigenvalue weighted by atomic mass is 35.5. The van der Waals surface area contributed by atoms with Crippen LogP contribution in [0.3, 0.4) is 0 Å². The van der Waals surface area contributed by atoms with Crippen molar-refractivity contribution < 1.29 is 0 Å². The van der Waals surface area contributed by atoms with Gasteiger partial charge in [-0.25, -0.2) is 0 Å². The minimum atomic E-state index is 0.803. The molecule has 0 aliphatic carbocycles. The standard InChI is InChI=1S/C12H20ClNS/c1-2-14(9-5-3-4-8-13)11-12-7-6-10-15-12/h6-7,10H,2-5,8-9,11H2,1H3. The van der Waals surface area contributed by atoms with Gasteiger partial charge in [-0.05, 0) is 37.4 Å². The normalized spacial score (nSPS) is 11.1. The summed E-state index contributed by atoms with van der Waals surface area (Å²) < 4.78 is 0. The number of hydrogen-bond acceptors (Lipinski definition) is 2. The van der Waals surface area contributed by atoms with Crippen LogP contribution in [-0.4, -0.2) is 23.9 Å². The van der Waals surface area contributed by atoms with E-state index < -0.39 is 0 Å². The highest BCUT2D eigenvalue weighted by molar-refractivity contribution is 7.09. The Morgan fingerprint density at radius 2 is 2.20 bits per heavy atom. The Morgan fingerprint density at radius 1 is 1.33 bits per heavy atom. The van der Waals surface area contributed by atoms with Crippen molar-refractivity contribution in [3.8, 4) is 0 Å². The first-order chi connectivity index (χ1) is 7.36. The van der Waals surface area contributed by atoms with Crippen LogP contribution < -0.4 is 0 Å². The lowest BCUT2D eigenvalue weighted by molar-refractivity contribution is 0.276. The van der Waals surface area contributed by atoms with Crippen LogP contribution in [0.4, 0.5) is 0 Å². The van der Waals surface area contributed by atoms with Gasteiger partial charge in [0.05, 0.1) is 0 Å². The van der Waals surface area contributed by atoms with E-state index in [1.54, 1.807) is 0 Å². The molecule has 86 valence electrons. The molecule has 3 heteroatoms. The molecular formula is C12H20ClNS. The molecule has 0 unspecified atom stereocenters. The van der Waals surface area contributed by atoms with Gasteiger partial charge in [0.2, 0.25) is 0 Å². The van der Waals surface area contributed by atoms with Crippen LogP contribution in [0.5, 0.6) is 0 Å². The zero-order chi connectivity index (χ0) is 10.9. The van der Waals surface area contributed by atoms with Crippen molar-refractivity contribution in [2.75, 3.05) is 19.0 Å². The topological polar surface area (TPSA) is 3.24 Å². The number of thiophene rings is 1. The Kier molecular flexibility index (Phi) is 7.07. The van der Waals surface area contributed by atoms with Crippen molar-refractivity contribution in [2.45, 2.75) is 32.7 Å². The molecule has 0 amide bonds. The summed E-state index contributed by atoms with van der Waals surface area (Å²) in [6, 6.07) is 4.34. The van der Waals surface area contributed by atoms with Crippen LogP contribution in [0.1, 0.15) is 31.1 Å². The summed E-state index contributed by atoms with van der Waals surface area (Å²) in [6.45, 7) is 5.67. The molecule has 0 saturated carbocycles. The molecule has 1 aromatic rings.